The van der Waals surface area contributed by atoms with E-state index in [1.165, 1.54) is 5.56 Å². The Hall–Kier alpha value is -1.52. The topological polar surface area (TPSA) is 46.6 Å². The lowest BCUT2D eigenvalue weighted by molar-refractivity contribution is -0.112. The third-order valence-electron chi connectivity index (χ3n) is 3.96. The van der Waals surface area contributed by atoms with E-state index in [0.717, 1.165) is 45.0 Å². The molecule has 0 aromatic heterocycles. The fraction of sp³-hybridized carbons (Fsp3) is 0.579. The normalized spacial score (nSPS) is 16.3. The number of hydrogen-bond donors (Lipinski definition) is 0. The van der Waals surface area contributed by atoms with Crippen molar-refractivity contribution < 1.29 is 14.3 Å². The summed E-state index contributed by atoms with van der Waals surface area (Å²) in [6.45, 7) is 8.94. The Bertz CT molecular complexity index is 468. The first kappa shape index (κ1) is 19.5. The first-order valence-corrected chi connectivity index (χ1v) is 8.15. The Labute approximate surface area is 139 Å². The molecule has 0 N–H and O–H groups in total. The first-order valence-electron chi connectivity index (χ1n) is 8.15. The van der Waals surface area contributed by atoms with E-state index in [-0.39, 0.29) is 11.5 Å². The van der Waals surface area contributed by atoms with Gasteiger partial charge in [-0.15, -0.1) is 0 Å². The Kier molecular flexibility index (Phi) is 8.13. The highest BCUT2D eigenvalue weighted by Gasteiger charge is 2.18. The van der Waals surface area contributed by atoms with E-state index in [1.54, 1.807) is 7.11 Å². The first-order chi connectivity index (χ1) is 10.9. The molecule has 0 bridgehead atoms. The second-order valence-electron chi connectivity index (χ2n) is 6.93. The quantitative estimate of drug-likeness (QED) is 0.799. The number of carbonyl (C=O) groups excluding carboxylic acids is 2. The van der Waals surface area contributed by atoms with Gasteiger partial charge in [-0.2, -0.15) is 0 Å². The van der Waals surface area contributed by atoms with Gasteiger partial charge in [0.2, 0.25) is 0 Å². The molecule has 1 fully saturated rings. The zero-order valence-corrected chi connectivity index (χ0v) is 14.7. The standard InChI is InChI=1S/C14H17NO2.C5H12O/c16-10-13-3-1-12(2-4-13)9-15-7-5-14(11-17)6-8-15;1-5(2,3)6-4/h1-4,10-11,14H,5-9H2;1-4H3. The van der Waals surface area contributed by atoms with Gasteiger partial charge in [-0.25, -0.2) is 0 Å². The molecular formula is C19H29NO3. The molecule has 128 valence electrons. The maximum atomic E-state index is 10.6. The number of aldehydes is 2. The van der Waals surface area contributed by atoms with Gasteiger partial charge in [0, 0.05) is 25.1 Å². The number of carbonyl (C=O) groups is 2. The summed E-state index contributed by atoms with van der Waals surface area (Å²) in [5.74, 6) is 0.253. The molecule has 0 aliphatic carbocycles. The maximum absolute atomic E-state index is 10.6. The van der Waals surface area contributed by atoms with Crippen molar-refractivity contribution in [1.29, 1.82) is 0 Å². The van der Waals surface area contributed by atoms with E-state index in [4.69, 9.17) is 4.74 Å². The van der Waals surface area contributed by atoms with Crippen molar-refractivity contribution in [2.75, 3.05) is 20.2 Å². The van der Waals surface area contributed by atoms with E-state index in [1.807, 2.05) is 45.0 Å². The molecule has 1 aliphatic rings. The van der Waals surface area contributed by atoms with E-state index >= 15 is 0 Å². The number of benzene rings is 1. The van der Waals surface area contributed by atoms with Crippen LogP contribution in [-0.4, -0.2) is 43.3 Å². The minimum absolute atomic E-state index is 0.0417. The summed E-state index contributed by atoms with van der Waals surface area (Å²) in [6, 6.07) is 7.69. The lowest BCUT2D eigenvalue weighted by atomic mass is 9.98. The van der Waals surface area contributed by atoms with E-state index in [2.05, 4.69) is 4.90 Å². The third-order valence-corrected chi connectivity index (χ3v) is 3.96. The molecule has 0 amide bonds. The van der Waals surface area contributed by atoms with Crippen molar-refractivity contribution in [2.24, 2.45) is 5.92 Å². The summed E-state index contributed by atoms with van der Waals surface area (Å²) < 4.78 is 4.94. The van der Waals surface area contributed by atoms with Gasteiger partial charge in [0.25, 0.3) is 0 Å². The SMILES string of the molecule is COC(C)(C)C.O=Cc1ccc(CN2CCC(C=O)CC2)cc1. The maximum Gasteiger partial charge on any atom is 0.150 e. The van der Waals surface area contributed by atoms with E-state index < -0.39 is 0 Å². The Morgan fingerprint density at radius 1 is 1.13 bits per heavy atom. The predicted octanol–water partition coefficient (Wildman–Crippen LogP) is 3.34. The van der Waals surface area contributed by atoms with Crippen LogP contribution in [0.1, 0.15) is 49.5 Å². The lowest BCUT2D eigenvalue weighted by Gasteiger charge is -2.29. The van der Waals surface area contributed by atoms with Crippen molar-refractivity contribution in [3.63, 3.8) is 0 Å². The predicted molar refractivity (Wildman–Crippen MR) is 92.7 cm³/mol. The van der Waals surface area contributed by atoms with Crippen LogP contribution >= 0.6 is 0 Å². The number of piperidine rings is 1. The minimum atomic E-state index is 0.0417. The second-order valence-corrected chi connectivity index (χ2v) is 6.93. The van der Waals surface area contributed by atoms with Gasteiger partial charge < -0.3 is 9.53 Å². The zero-order valence-electron chi connectivity index (χ0n) is 14.7. The monoisotopic (exact) mass is 319 g/mol. The summed E-state index contributed by atoms with van der Waals surface area (Å²) in [4.78, 5) is 23.5. The number of methoxy groups -OCH3 is 1. The Morgan fingerprint density at radius 3 is 2.04 bits per heavy atom. The van der Waals surface area contributed by atoms with Crippen LogP contribution in [0.25, 0.3) is 0 Å². The molecule has 4 nitrogen and oxygen atoms in total. The van der Waals surface area contributed by atoms with Gasteiger partial charge >= 0.3 is 0 Å². The van der Waals surface area contributed by atoms with Crippen LogP contribution in [0.4, 0.5) is 0 Å². The molecule has 4 heteroatoms. The summed E-state index contributed by atoms with van der Waals surface area (Å²) in [5.41, 5.74) is 1.98. The van der Waals surface area contributed by atoms with Gasteiger partial charge in [-0.1, -0.05) is 24.3 Å². The summed E-state index contributed by atoms with van der Waals surface area (Å²) in [7, 11) is 1.71. The Morgan fingerprint density at radius 2 is 1.65 bits per heavy atom. The highest BCUT2D eigenvalue weighted by molar-refractivity contribution is 5.74. The number of likely N-dealkylation sites (tertiary alicyclic amines) is 1. The number of ether oxygens (including phenoxy) is 1. The molecule has 23 heavy (non-hydrogen) atoms. The molecule has 0 spiro atoms. The van der Waals surface area contributed by atoms with Crippen LogP contribution in [0.2, 0.25) is 0 Å². The van der Waals surface area contributed by atoms with Crippen LogP contribution in [0.3, 0.4) is 0 Å². The third kappa shape index (κ3) is 8.05. The fourth-order valence-corrected chi connectivity index (χ4v) is 2.21. The fourth-order valence-electron chi connectivity index (χ4n) is 2.21. The lowest BCUT2D eigenvalue weighted by Crippen LogP contribution is -2.33. The molecule has 0 unspecified atom stereocenters. The largest absolute Gasteiger partial charge is 0.379 e. The van der Waals surface area contributed by atoms with Crippen LogP contribution in [0.5, 0.6) is 0 Å². The van der Waals surface area contributed by atoms with Crippen LogP contribution in [0.15, 0.2) is 24.3 Å². The van der Waals surface area contributed by atoms with Gasteiger partial charge in [0.1, 0.15) is 12.6 Å². The molecule has 1 aromatic carbocycles. The molecule has 1 aliphatic heterocycles. The molecule has 1 heterocycles. The van der Waals surface area contributed by atoms with Gasteiger partial charge in [0.05, 0.1) is 5.60 Å². The average molecular weight is 319 g/mol. The van der Waals surface area contributed by atoms with Crippen molar-refractivity contribution in [3.8, 4) is 0 Å². The average Bonchev–Trinajstić information content (AvgIpc) is 2.56. The minimum Gasteiger partial charge on any atom is -0.379 e. The summed E-state index contributed by atoms with van der Waals surface area (Å²) >= 11 is 0. The zero-order chi connectivity index (χ0) is 17.3. The van der Waals surface area contributed by atoms with Crippen molar-refractivity contribution in [1.82, 2.24) is 4.90 Å². The van der Waals surface area contributed by atoms with Crippen LogP contribution in [-0.2, 0) is 16.1 Å². The van der Waals surface area contributed by atoms with Crippen molar-refractivity contribution in [3.05, 3.63) is 35.4 Å². The van der Waals surface area contributed by atoms with E-state index in [9.17, 15) is 9.59 Å². The number of nitrogens with zero attached hydrogens (tertiary/aromatic N) is 1. The Balaban J connectivity index is 0.000000379. The summed E-state index contributed by atoms with van der Waals surface area (Å²) in [6.07, 6.45) is 3.88. The molecule has 2 rings (SSSR count). The molecule has 0 saturated carbocycles. The molecule has 1 saturated heterocycles. The second kappa shape index (κ2) is 9.58. The highest BCUT2D eigenvalue weighted by Crippen LogP contribution is 2.17. The molecular weight excluding hydrogens is 290 g/mol. The summed E-state index contributed by atoms with van der Waals surface area (Å²) in [5, 5.41) is 0. The highest BCUT2D eigenvalue weighted by atomic mass is 16.5. The van der Waals surface area contributed by atoms with Crippen molar-refractivity contribution in [2.45, 2.75) is 45.8 Å². The molecule has 0 atom stereocenters. The van der Waals surface area contributed by atoms with E-state index in [0.29, 0.717) is 5.56 Å². The number of rotatable bonds is 4. The van der Waals surface area contributed by atoms with Crippen LogP contribution in [0, 0.1) is 5.92 Å². The van der Waals surface area contributed by atoms with Crippen LogP contribution < -0.4 is 0 Å². The molecule has 1 aromatic rings. The van der Waals surface area contributed by atoms with Gasteiger partial charge in [-0.05, 0) is 52.3 Å². The number of hydrogen-bond acceptors (Lipinski definition) is 4. The van der Waals surface area contributed by atoms with Gasteiger partial charge in [-0.3, -0.25) is 9.69 Å². The van der Waals surface area contributed by atoms with Gasteiger partial charge in [0.15, 0.2) is 0 Å². The smallest absolute Gasteiger partial charge is 0.150 e. The molecule has 0 radical (unpaired) electrons. The van der Waals surface area contributed by atoms with Crippen molar-refractivity contribution >= 4 is 12.6 Å².